The quantitative estimate of drug-likeness (QED) is 0.713. The molecule has 2 N–H and O–H groups in total. The van der Waals surface area contributed by atoms with Crippen LogP contribution in [0.1, 0.15) is 53.4 Å². The maximum atomic E-state index is 12.7. The average molecular weight is 378 g/mol. The van der Waals surface area contributed by atoms with E-state index in [9.17, 15) is 9.59 Å². The van der Waals surface area contributed by atoms with Crippen LogP contribution in [0, 0.1) is 0 Å². The lowest BCUT2D eigenvalue weighted by molar-refractivity contribution is -0.131. The van der Waals surface area contributed by atoms with Gasteiger partial charge in [0.25, 0.3) is 5.91 Å². The second-order valence-electron chi connectivity index (χ2n) is 6.91. The van der Waals surface area contributed by atoms with Gasteiger partial charge in [0, 0.05) is 30.4 Å². The highest BCUT2D eigenvalue weighted by atomic mass is 16.4. The van der Waals surface area contributed by atoms with Crippen LogP contribution in [0.5, 0.6) is 0 Å². The third-order valence-electron chi connectivity index (χ3n) is 5.23. The molecule has 2 aromatic rings. The number of rotatable bonds is 7. The number of amides is 1. The highest BCUT2D eigenvalue weighted by Gasteiger charge is 2.24. The third kappa shape index (κ3) is 4.42. The number of fused-ring (bicyclic) bond motifs is 1. The maximum Gasteiger partial charge on any atom is 0.328 e. The Morgan fingerprint density at radius 2 is 1.86 bits per heavy atom. The summed E-state index contributed by atoms with van der Waals surface area (Å²) in [5.74, 6) is -1.03. The van der Waals surface area contributed by atoms with Gasteiger partial charge in [-0.2, -0.15) is 0 Å². The van der Waals surface area contributed by atoms with E-state index in [2.05, 4.69) is 24.1 Å². The molecule has 0 bridgehead atoms. The molecular formula is C23H26N2O3. The van der Waals surface area contributed by atoms with Gasteiger partial charge in [-0.05, 0) is 73.7 Å². The molecule has 1 aliphatic carbocycles. The van der Waals surface area contributed by atoms with Crippen LogP contribution in [0.25, 0.3) is 6.08 Å². The Balaban J connectivity index is 1.69. The molecule has 146 valence electrons. The van der Waals surface area contributed by atoms with E-state index < -0.39 is 5.97 Å². The summed E-state index contributed by atoms with van der Waals surface area (Å²) < 4.78 is 0. The van der Waals surface area contributed by atoms with Gasteiger partial charge >= 0.3 is 5.97 Å². The second kappa shape index (κ2) is 8.74. The first-order chi connectivity index (χ1) is 13.5. The summed E-state index contributed by atoms with van der Waals surface area (Å²) in [4.78, 5) is 25.6. The minimum absolute atomic E-state index is 0.0116. The summed E-state index contributed by atoms with van der Waals surface area (Å²) in [6.07, 6.45) is 4.45. The van der Waals surface area contributed by atoms with E-state index >= 15 is 0 Å². The molecule has 0 saturated carbocycles. The van der Waals surface area contributed by atoms with Crippen molar-refractivity contribution in [3.05, 3.63) is 70.8 Å². The molecule has 0 saturated heterocycles. The number of carboxylic acid groups (broad SMARTS) is 1. The Morgan fingerprint density at radius 3 is 2.50 bits per heavy atom. The van der Waals surface area contributed by atoms with Crippen molar-refractivity contribution in [3.8, 4) is 0 Å². The Bertz CT molecular complexity index is 883. The molecule has 0 heterocycles. The zero-order valence-electron chi connectivity index (χ0n) is 16.3. The number of hydrogen-bond acceptors (Lipinski definition) is 3. The molecule has 28 heavy (non-hydrogen) atoms. The molecule has 1 atom stereocenters. The molecule has 0 spiro atoms. The lowest BCUT2D eigenvalue weighted by Crippen LogP contribution is -2.27. The summed E-state index contributed by atoms with van der Waals surface area (Å²) >= 11 is 0. The third-order valence-corrected chi connectivity index (χ3v) is 5.23. The summed E-state index contributed by atoms with van der Waals surface area (Å²) in [6.45, 7) is 6.10. The highest BCUT2D eigenvalue weighted by molar-refractivity contribution is 5.95. The molecule has 0 aromatic heterocycles. The normalized spacial score (nSPS) is 15.4. The van der Waals surface area contributed by atoms with Crippen LogP contribution in [0.4, 0.5) is 5.69 Å². The Kier molecular flexibility index (Phi) is 6.14. The average Bonchev–Trinajstić information content (AvgIpc) is 3.10. The standard InChI is InChI=1S/C23H26N2O3/c1-3-25(4-2)19-10-7-17(8-11-19)23(28)24-21-13-9-18-15-16(5-12-20(18)21)6-14-22(26)27/h5-8,10-12,14-15,21H,3-4,9,13H2,1-2H3,(H,24,28)(H,26,27)/b14-6+. The number of aryl methyl sites for hydroxylation is 1. The van der Waals surface area contributed by atoms with Gasteiger partial charge in [0.1, 0.15) is 0 Å². The van der Waals surface area contributed by atoms with Crippen LogP contribution < -0.4 is 10.2 Å². The SMILES string of the molecule is CCN(CC)c1ccc(C(=O)NC2CCc3cc(/C=C/C(=O)O)ccc32)cc1. The van der Waals surface area contributed by atoms with Crippen molar-refractivity contribution in [1.82, 2.24) is 5.32 Å². The van der Waals surface area contributed by atoms with Gasteiger partial charge in [0.15, 0.2) is 0 Å². The first-order valence-electron chi connectivity index (χ1n) is 9.71. The molecule has 1 aliphatic rings. The van der Waals surface area contributed by atoms with Crippen molar-refractivity contribution in [2.24, 2.45) is 0 Å². The van der Waals surface area contributed by atoms with Crippen LogP contribution in [0.3, 0.4) is 0 Å². The molecule has 1 amide bonds. The highest BCUT2D eigenvalue weighted by Crippen LogP contribution is 2.32. The zero-order valence-corrected chi connectivity index (χ0v) is 16.3. The van der Waals surface area contributed by atoms with Crippen LogP contribution in [-0.4, -0.2) is 30.1 Å². The molecule has 0 radical (unpaired) electrons. The number of nitrogens with one attached hydrogen (secondary N) is 1. The first-order valence-corrected chi connectivity index (χ1v) is 9.71. The fourth-order valence-electron chi connectivity index (χ4n) is 3.71. The van der Waals surface area contributed by atoms with E-state index in [0.29, 0.717) is 5.56 Å². The van der Waals surface area contributed by atoms with Gasteiger partial charge in [0.2, 0.25) is 0 Å². The van der Waals surface area contributed by atoms with Crippen LogP contribution >= 0.6 is 0 Å². The van der Waals surface area contributed by atoms with Gasteiger partial charge in [-0.15, -0.1) is 0 Å². The van der Waals surface area contributed by atoms with Gasteiger partial charge in [-0.1, -0.05) is 18.2 Å². The molecule has 0 fully saturated rings. The Labute approximate surface area is 165 Å². The van der Waals surface area contributed by atoms with Crippen molar-refractivity contribution in [3.63, 3.8) is 0 Å². The first kappa shape index (κ1) is 19.7. The van der Waals surface area contributed by atoms with Gasteiger partial charge in [0.05, 0.1) is 6.04 Å². The summed E-state index contributed by atoms with van der Waals surface area (Å²) in [5, 5.41) is 11.9. The number of hydrogen-bond donors (Lipinski definition) is 2. The van der Waals surface area contributed by atoms with Crippen molar-refractivity contribution >= 4 is 23.6 Å². The van der Waals surface area contributed by atoms with E-state index in [1.54, 1.807) is 6.08 Å². The summed E-state index contributed by atoms with van der Waals surface area (Å²) in [7, 11) is 0. The van der Waals surface area contributed by atoms with Crippen LogP contribution in [-0.2, 0) is 11.2 Å². The fourth-order valence-corrected chi connectivity index (χ4v) is 3.71. The number of benzene rings is 2. The van der Waals surface area contributed by atoms with E-state index in [0.717, 1.165) is 54.4 Å². The summed E-state index contributed by atoms with van der Waals surface area (Å²) in [5.41, 5.74) is 4.91. The largest absolute Gasteiger partial charge is 0.478 e. The predicted octanol–water partition coefficient (Wildman–Crippen LogP) is 4.05. The van der Waals surface area contributed by atoms with Crippen LogP contribution in [0.2, 0.25) is 0 Å². The van der Waals surface area contributed by atoms with Crippen LogP contribution in [0.15, 0.2) is 48.5 Å². The number of carbonyl (C=O) groups excluding carboxylic acids is 1. The Hall–Kier alpha value is -3.08. The van der Waals surface area contributed by atoms with E-state index in [1.165, 1.54) is 0 Å². The van der Waals surface area contributed by atoms with Crippen molar-refractivity contribution < 1.29 is 14.7 Å². The smallest absolute Gasteiger partial charge is 0.328 e. The van der Waals surface area contributed by atoms with Gasteiger partial charge in [-0.3, -0.25) is 4.79 Å². The lowest BCUT2D eigenvalue weighted by atomic mass is 10.0. The zero-order chi connectivity index (χ0) is 20.1. The number of carboxylic acids is 1. The predicted molar refractivity (Wildman–Crippen MR) is 112 cm³/mol. The van der Waals surface area contributed by atoms with Crippen molar-refractivity contribution in [2.75, 3.05) is 18.0 Å². The fraction of sp³-hybridized carbons (Fsp3) is 0.304. The van der Waals surface area contributed by atoms with Crippen molar-refractivity contribution in [1.29, 1.82) is 0 Å². The van der Waals surface area contributed by atoms with Gasteiger partial charge in [-0.25, -0.2) is 4.79 Å². The van der Waals surface area contributed by atoms with E-state index in [-0.39, 0.29) is 11.9 Å². The number of aliphatic carboxylic acids is 1. The monoisotopic (exact) mass is 378 g/mol. The maximum absolute atomic E-state index is 12.7. The molecule has 5 nitrogen and oxygen atoms in total. The molecule has 1 unspecified atom stereocenters. The molecule has 2 aromatic carbocycles. The molecule has 3 rings (SSSR count). The Morgan fingerprint density at radius 1 is 1.14 bits per heavy atom. The lowest BCUT2D eigenvalue weighted by Gasteiger charge is -2.21. The second-order valence-corrected chi connectivity index (χ2v) is 6.91. The number of carbonyl (C=O) groups is 2. The molecule has 5 heteroatoms. The minimum Gasteiger partial charge on any atom is -0.478 e. The van der Waals surface area contributed by atoms with E-state index in [4.69, 9.17) is 5.11 Å². The number of anilines is 1. The van der Waals surface area contributed by atoms with Gasteiger partial charge < -0.3 is 15.3 Å². The molecular weight excluding hydrogens is 352 g/mol. The molecule has 0 aliphatic heterocycles. The minimum atomic E-state index is -0.961. The van der Waals surface area contributed by atoms with Crippen molar-refractivity contribution in [2.45, 2.75) is 32.7 Å². The number of nitrogens with zero attached hydrogens (tertiary/aromatic N) is 1. The summed E-state index contributed by atoms with van der Waals surface area (Å²) in [6, 6.07) is 13.6. The van der Waals surface area contributed by atoms with E-state index in [1.807, 2.05) is 42.5 Å². The topological polar surface area (TPSA) is 69.6 Å².